The Morgan fingerprint density at radius 1 is 0.818 bits per heavy atom. The minimum atomic E-state index is -0.342. The van der Waals surface area contributed by atoms with Gasteiger partial charge < -0.3 is 5.73 Å². The summed E-state index contributed by atoms with van der Waals surface area (Å²) in [6.45, 7) is 0. The van der Waals surface area contributed by atoms with Crippen LogP contribution in [-0.2, 0) is 0 Å². The molecule has 1 aromatic heterocycles. The standard InChI is InChI=1S/C16H10Cl2FN3/c17-12-5-4-10(7-13(12)18)15-8-14(21-16(20)22-15)9-2-1-3-11(19)6-9/h1-8H,(H2,20,21,22). The third-order valence-corrected chi connectivity index (χ3v) is 3.82. The zero-order chi connectivity index (χ0) is 15.7. The van der Waals surface area contributed by atoms with E-state index in [9.17, 15) is 4.39 Å². The molecule has 3 nitrogen and oxygen atoms in total. The molecule has 0 fully saturated rings. The van der Waals surface area contributed by atoms with E-state index in [4.69, 9.17) is 28.9 Å². The molecule has 110 valence electrons. The lowest BCUT2D eigenvalue weighted by Gasteiger charge is -2.07. The summed E-state index contributed by atoms with van der Waals surface area (Å²) >= 11 is 11.9. The van der Waals surface area contributed by atoms with Gasteiger partial charge >= 0.3 is 0 Å². The molecule has 0 aliphatic rings. The summed E-state index contributed by atoms with van der Waals surface area (Å²) < 4.78 is 13.4. The number of nitrogen functional groups attached to an aromatic ring is 1. The summed E-state index contributed by atoms with van der Waals surface area (Å²) in [5, 5.41) is 0.876. The number of nitrogens with zero attached hydrogens (tertiary/aromatic N) is 2. The minimum absolute atomic E-state index is 0.0998. The molecule has 0 bridgehead atoms. The van der Waals surface area contributed by atoms with Crippen molar-refractivity contribution in [2.75, 3.05) is 5.73 Å². The molecule has 6 heteroatoms. The highest BCUT2D eigenvalue weighted by Crippen LogP contribution is 2.29. The van der Waals surface area contributed by atoms with E-state index in [-0.39, 0.29) is 11.8 Å². The first-order valence-electron chi connectivity index (χ1n) is 6.39. The maximum absolute atomic E-state index is 13.4. The third-order valence-electron chi connectivity index (χ3n) is 3.08. The van der Waals surface area contributed by atoms with Gasteiger partial charge in [-0.2, -0.15) is 0 Å². The molecule has 0 saturated heterocycles. The molecule has 3 aromatic rings. The summed E-state index contributed by atoms with van der Waals surface area (Å²) in [5.41, 5.74) is 8.26. The van der Waals surface area contributed by atoms with Crippen molar-refractivity contribution < 1.29 is 4.39 Å². The first kappa shape index (κ1) is 14.8. The molecule has 0 radical (unpaired) electrons. The van der Waals surface area contributed by atoms with Crippen molar-refractivity contribution in [2.24, 2.45) is 0 Å². The van der Waals surface area contributed by atoms with Crippen LogP contribution in [-0.4, -0.2) is 9.97 Å². The molecule has 22 heavy (non-hydrogen) atoms. The number of anilines is 1. The lowest BCUT2D eigenvalue weighted by Crippen LogP contribution is -1.98. The van der Waals surface area contributed by atoms with Crippen molar-refractivity contribution in [3.05, 3.63) is 64.4 Å². The number of aromatic nitrogens is 2. The van der Waals surface area contributed by atoms with Crippen LogP contribution in [0.3, 0.4) is 0 Å². The van der Waals surface area contributed by atoms with Crippen molar-refractivity contribution in [2.45, 2.75) is 0 Å². The maximum atomic E-state index is 13.4. The molecule has 0 aliphatic carbocycles. The quantitative estimate of drug-likeness (QED) is 0.730. The summed E-state index contributed by atoms with van der Waals surface area (Å²) in [7, 11) is 0. The van der Waals surface area contributed by atoms with Gasteiger partial charge in [0, 0.05) is 11.1 Å². The van der Waals surface area contributed by atoms with Crippen LogP contribution in [0.4, 0.5) is 10.3 Å². The Balaban J connectivity index is 2.12. The average molecular weight is 334 g/mol. The second-order valence-corrected chi connectivity index (χ2v) is 5.45. The topological polar surface area (TPSA) is 51.8 Å². The van der Waals surface area contributed by atoms with Gasteiger partial charge in [0.1, 0.15) is 5.82 Å². The summed E-state index contributed by atoms with van der Waals surface area (Å²) in [6, 6.07) is 13.0. The van der Waals surface area contributed by atoms with Gasteiger partial charge in [-0.3, -0.25) is 0 Å². The van der Waals surface area contributed by atoms with Gasteiger partial charge in [-0.15, -0.1) is 0 Å². The zero-order valence-corrected chi connectivity index (χ0v) is 12.7. The first-order valence-corrected chi connectivity index (χ1v) is 7.14. The number of hydrogen-bond acceptors (Lipinski definition) is 3. The molecule has 3 rings (SSSR count). The van der Waals surface area contributed by atoms with Gasteiger partial charge in [-0.05, 0) is 30.3 Å². The molecule has 0 atom stereocenters. The summed E-state index contributed by atoms with van der Waals surface area (Å²) in [5.74, 6) is -0.242. The predicted molar refractivity (Wildman–Crippen MR) is 87.3 cm³/mol. The second-order valence-electron chi connectivity index (χ2n) is 4.64. The van der Waals surface area contributed by atoms with Crippen LogP contribution in [0.5, 0.6) is 0 Å². The summed E-state index contributed by atoms with van der Waals surface area (Å²) in [6.07, 6.45) is 0. The van der Waals surface area contributed by atoms with Gasteiger partial charge in [-0.25, -0.2) is 14.4 Å². The molecule has 0 aliphatic heterocycles. The second kappa shape index (κ2) is 5.91. The Labute approximate surface area is 136 Å². The van der Waals surface area contributed by atoms with E-state index in [1.807, 2.05) is 0 Å². The molecule has 0 saturated carbocycles. The molecule has 2 aromatic carbocycles. The van der Waals surface area contributed by atoms with Crippen molar-refractivity contribution in [3.8, 4) is 22.5 Å². The Morgan fingerprint density at radius 2 is 1.50 bits per heavy atom. The van der Waals surface area contributed by atoms with Gasteiger partial charge in [0.25, 0.3) is 0 Å². The maximum Gasteiger partial charge on any atom is 0.221 e. The zero-order valence-electron chi connectivity index (χ0n) is 11.2. The van der Waals surface area contributed by atoms with E-state index in [0.29, 0.717) is 27.0 Å². The average Bonchev–Trinajstić information content (AvgIpc) is 2.49. The smallest absolute Gasteiger partial charge is 0.221 e. The van der Waals surface area contributed by atoms with Crippen molar-refractivity contribution in [1.82, 2.24) is 9.97 Å². The van der Waals surface area contributed by atoms with E-state index in [0.717, 1.165) is 5.56 Å². The minimum Gasteiger partial charge on any atom is -0.368 e. The number of hydrogen-bond donors (Lipinski definition) is 1. The molecule has 0 amide bonds. The molecule has 1 heterocycles. The van der Waals surface area contributed by atoms with Crippen LogP contribution >= 0.6 is 23.2 Å². The van der Waals surface area contributed by atoms with Gasteiger partial charge in [0.05, 0.1) is 21.4 Å². The highest BCUT2D eigenvalue weighted by Gasteiger charge is 2.09. The number of halogens is 3. The van der Waals surface area contributed by atoms with Crippen molar-refractivity contribution in [1.29, 1.82) is 0 Å². The monoisotopic (exact) mass is 333 g/mol. The largest absolute Gasteiger partial charge is 0.368 e. The van der Waals surface area contributed by atoms with Gasteiger partial charge in [0.15, 0.2) is 0 Å². The van der Waals surface area contributed by atoms with Crippen LogP contribution in [0.1, 0.15) is 0 Å². The van der Waals surface area contributed by atoms with E-state index < -0.39 is 0 Å². The molecular weight excluding hydrogens is 324 g/mol. The number of benzene rings is 2. The lowest BCUT2D eigenvalue weighted by molar-refractivity contribution is 0.628. The Bertz CT molecular complexity index is 853. The Morgan fingerprint density at radius 3 is 2.14 bits per heavy atom. The van der Waals surface area contributed by atoms with Crippen LogP contribution in [0.15, 0.2) is 48.5 Å². The SMILES string of the molecule is Nc1nc(-c2cccc(F)c2)cc(-c2ccc(Cl)c(Cl)c2)n1. The third kappa shape index (κ3) is 3.03. The fraction of sp³-hybridized carbons (Fsp3) is 0. The normalized spacial score (nSPS) is 10.7. The molecule has 0 unspecified atom stereocenters. The van der Waals surface area contributed by atoms with Gasteiger partial charge in [0.2, 0.25) is 5.95 Å². The fourth-order valence-corrected chi connectivity index (χ4v) is 2.36. The highest BCUT2D eigenvalue weighted by molar-refractivity contribution is 6.42. The van der Waals surface area contributed by atoms with E-state index >= 15 is 0 Å². The van der Waals surface area contributed by atoms with E-state index in [1.165, 1.54) is 12.1 Å². The van der Waals surface area contributed by atoms with Crippen LogP contribution in [0.25, 0.3) is 22.5 Å². The molecular formula is C16H10Cl2FN3. The first-order chi connectivity index (χ1) is 10.5. The summed E-state index contributed by atoms with van der Waals surface area (Å²) in [4.78, 5) is 8.35. The Hall–Kier alpha value is -2.17. The predicted octanol–water partition coefficient (Wildman–Crippen LogP) is 4.84. The van der Waals surface area contributed by atoms with E-state index in [2.05, 4.69) is 9.97 Å². The van der Waals surface area contributed by atoms with Crippen LogP contribution < -0.4 is 5.73 Å². The van der Waals surface area contributed by atoms with Gasteiger partial charge in [-0.1, -0.05) is 41.4 Å². The van der Waals surface area contributed by atoms with Crippen molar-refractivity contribution in [3.63, 3.8) is 0 Å². The van der Waals surface area contributed by atoms with Crippen LogP contribution in [0.2, 0.25) is 10.0 Å². The fourth-order valence-electron chi connectivity index (χ4n) is 2.06. The highest BCUT2D eigenvalue weighted by atomic mass is 35.5. The van der Waals surface area contributed by atoms with Crippen molar-refractivity contribution >= 4 is 29.2 Å². The molecule has 2 N–H and O–H groups in total. The lowest BCUT2D eigenvalue weighted by atomic mass is 10.1. The van der Waals surface area contributed by atoms with E-state index in [1.54, 1.807) is 36.4 Å². The Kier molecular flexibility index (Phi) is 3.96. The van der Waals surface area contributed by atoms with Crippen LogP contribution in [0, 0.1) is 5.82 Å². The number of nitrogens with two attached hydrogens (primary N) is 1. The number of rotatable bonds is 2. The molecule has 0 spiro atoms.